The second-order valence-electron chi connectivity index (χ2n) is 6.84. The number of hydrogen-bond acceptors (Lipinski definition) is 6. The van der Waals surface area contributed by atoms with E-state index >= 15 is 0 Å². The quantitative estimate of drug-likeness (QED) is 0.675. The van der Waals surface area contributed by atoms with Crippen LogP contribution in [0.5, 0.6) is 11.5 Å². The average Bonchev–Trinajstić information content (AvgIpc) is 3.11. The molecule has 2 N–H and O–H groups in total. The molecule has 5 nitrogen and oxygen atoms in total. The van der Waals surface area contributed by atoms with E-state index in [4.69, 9.17) is 4.74 Å². The van der Waals surface area contributed by atoms with Crippen LogP contribution in [0.3, 0.4) is 0 Å². The third-order valence-electron chi connectivity index (χ3n) is 5.32. The van der Waals surface area contributed by atoms with Crippen molar-refractivity contribution in [2.45, 2.75) is 44.8 Å². The first kappa shape index (κ1) is 15.0. The number of phenolic OH excluding ortho intramolecular Hbond substituents is 1. The van der Waals surface area contributed by atoms with Gasteiger partial charge < -0.3 is 15.2 Å². The summed E-state index contributed by atoms with van der Waals surface area (Å²) in [5, 5.41) is 25.8. The summed E-state index contributed by atoms with van der Waals surface area (Å²) in [7, 11) is 0. The maximum absolute atomic E-state index is 10.7. The number of fused-ring (bicyclic) bond motifs is 3. The fourth-order valence-corrected chi connectivity index (χ4v) is 4.74. The molecule has 25 heavy (non-hydrogen) atoms. The molecule has 128 valence electrons. The van der Waals surface area contributed by atoms with Gasteiger partial charge in [-0.1, -0.05) is 6.42 Å². The SMILES string of the molecule is Cc1c(-c2ccc3sccc3c2O)nnc2c1O[C@H]1CCCC[C@H]1N2. The number of nitrogens with zero attached hydrogens (tertiary/aromatic N) is 2. The van der Waals surface area contributed by atoms with Crippen LogP contribution >= 0.6 is 11.3 Å². The van der Waals surface area contributed by atoms with Gasteiger partial charge in [0.2, 0.25) is 0 Å². The summed E-state index contributed by atoms with van der Waals surface area (Å²) >= 11 is 1.61. The van der Waals surface area contributed by atoms with Crippen molar-refractivity contribution in [2.75, 3.05) is 5.32 Å². The fourth-order valence-electron chi connectivity index (χ4n) is 3.95. The summed E-state index contributed by atoms with van der Waals surface area (Å²) < 4.78 is 7.36. The minimum absolute atomic E-state index is 0.199. The van der Waals surface area contributed by atoms with E-state index < -0.39 is 0 Å². The van der Waals surface area contributed by atoms with Crippen molar-refractivity contribution in [2.24, 2.45) is 0 Å². The lowest BCUT2D eigenvalue weighted by Crippen LogP contribution is -2.44. The van der Waals surface area contributed by atoms with Gasteiger partial charge >= 0.3 is 0 Å². The molecule has 0 amide bonds. The lowest BCUT2D eigenvalue weighted by atomic mass is 9.91. The molecule has 2 aliphatic rings. The van der Waals surface area contributed by atoms with Crippen LogP contribution < -0.4 is 10.1 Å². The second kappa shape index (κ2) is 5.59. The molecule has 0 spiro atoms. The predicted molar refractivity (Wildman–Crippen MR) is 99.5 cm³/mol. The molecule has 2 aromatic heterocycles. The number of aromatic nitrogens is 2. The van der Waals surface area contributed by atoms with Crippen molar-refractivity contribution in [3.63, 3.8) is 0 Å². The molecule has 3 heterocycles. The lowest BCUT2D eigenvalue weighted by molar-refractivity contribution is 0.129. The summed E-state index contributed by atoms with van der Waals surface area (Å²) in [6, 6.07) is 6.20. The van der Waals surface area contributed by atoms with Crippen LogP contribution in [0.1, 0.15) is 31.2 Å². The Morgan fingerprint density at radius 2 is 2.08 bits per heavy atom. The van der Waals surface area contributed by atoms with Crippen LogP contribution in [-0.4, -0.2) is 27.4 Å². The Labute approximate surface area is 149 Å². The van der Waals surface area contributed by atoms with Gasteiger partial charge in [0.1, 0.15) is 17.5 Å². The molecular weight excluding hydrogens is 334 g/mol. The Hall–Kier alpha value is -2.34. The zero-order chi connectivity index (χ0) is 17.0. The molecule has 0 bridgehead atoms. The molecule has 0 saturated heterocycles. The summed E-state index contributed by atoms with van der Waals surface area (Å²) in [4.78, 5) is 0. The number of ether oxygens (including phenoxy) is 1. The average molecular weight is 353 g/mol. The molecule has 2 atom stereocenters. The third-order valence-corrected chi connectivity index (χ3v) is 6.20. The molecule has 1 aliphatic carbocycles. The van der Waals surface area contributed by atoms with Crippen LogP contribution in [0.15, 0.2) is 23.6 Å². The first-order chi connectivity index (χ1) is 12.2. The third kappa shape index (κ3) is 2.28. The fraction of sp³-hybridized carbons (Fsp3) is 0.368. The number of hydrogen-bond donors (Lipinski definition) is 2. The zero-order valence-corrected chi connectivity index (χ0v) is 14.8. The highest BCUT2D eigenvalue weighted by atomic mass is 32.1. The molecule has 0 unspecified atom stereocenters. The van der Waals surface area contributed by atoms with Gasteiger partial charge in [0, 0.05) is 21.2 Å². The topological polar surface area (TPSA) is 67.3 Å². The second-order valence-corrected chi connectivity index (χ2v) is 7.78. The van der Waals surface area contributed by atoms with Gasteiger partial charge in [-0.05, 0) is 49.8 Å². The number of aromatic hydroxyl groups is 1. The summed E-state index contributed by atoms with van der Waals surface area (Å²) in [5.74, 6) is 1.76. The van der Waals surface area contributed by atoms with Gasteiger partial charge in [-0.2, -0.15) is 0 Å². The van der Waals surface area contributed by atoms with Crippen molar-refractivity contribution < 1.29 is 9.84 Å². The normalized spacial score (nSPS) is 22.0. The molecule has 0 radical (unpaired) electrons. The van der Waals surface area contributed by atoms with E-state index in [0.29, 0.717) is 17.3 Å². The van der Waals surface area contributed by atoms with Gasteiger partial charge in [-0.15, -0.1) is 21.5 Å². The Balaban J connectivity index is 1.62. The largest absolute Gasteiger partial charge is 0.507 e. The Morgan fingerprint density at radius 1 is 1.20 bits per heavy atom. The maximum Gasteiger partial charge on any atom is 0.191 e. The standard InChI is InChI=1S/C19H19N3O2S/c1-10-16(12-6-7-15-11(17(12)23)8-9-25-15)21-22-19-18(10)24-14-5-3-2-4-13(14)20-19/h6-9,13-14,23H,2-5H2,1H3,(H,20,22)/t13-,14+/m1/s1. The van der Waals surface area contributed by atoms with E-state index in [9.17, 15) is 5.11 Å². The summed E-state index contributed by atoms with van der Waals surface area (Å²) in [6.45, 7) is 1.99. The lowest BCUT2D eigenvalue weighted by Gasteiger charge is -2.37. The van der Waals surface area contributed by atoms with E-state index in [1.165, 1.54) is 12.8 Å². The summed E-state index contributed by atoms with van der Waals surface area (Å²) in [6.07, 6.45) is 4.82. The number of benzene rings is 1. The molecular formula is C19H19N3O2S. The van der Waals surface area contributed by atoms with Gasteiger partial charge in [-0.3, -0.25) is 0 Å². The van der Waals surface area contributed by atoms with E-state index in [1.807, 2.05) is 30.5 Å². The first-order valence-electron chi connectivity index (χ1n) is 8.72. The van der Waals surface area contributed by atoms with Gasteiger partial charge in [-0.25, -0.2) is 0 Å². The molecule has 6 heteroatoms. The number of nitrogens with one attached hydrogen (secondary N) is 1. The number of rotatable bonds is 1. The smallest absolute Gasteiger partial charge is 0.191 e. The van der Waals surface area contributed by atoms with Crippen molar-refractivity contribution in [3.05, 3.63) is 29.1 Å². The van der Waals surface area contributed by atoms with Crippen LogP contribution in [0, 0.1) is 6.92 Å². The highest BCUT2D eigenvalue weighted by Gasteiger charge is 2.34. The minimum Gasteiger partial charge on any atom is -0.507 e. The molecule has 1 aliphatic heterocycles. The Kier molecular flexibility index (Phi) is 3.35. The minimum atomic E-state index is 0.199. The van der Waals surface area contributed by atoms with E-state index in [-0.39, 0.29) is 11.9 Å². The van der Waals surface area contributed by atoms with Crippen LogP contribution in [0.25, 0.3) is 21.3 Å². The monoisotopic (exact) mass is 353 g/mol. The Morgan fingerprint density at radius 3 is 3.00 bits per heavy atom. The highest BCUT2D eigenvalue weighted by Crippen LogP contribution is 2.43. The van der Waals surface area contributed by atoms with E-state index in [1.54, 1.807) is 11.3 Å². The number of anilines is 1. The number of phenols is 1. The first-order valence-corrected chi connectivity index (χ1v) is 9.60. The summed E-state index contributed by atoms with van der Waals surface area (Å²) in [5.41, 5.74) is 2.31. The predicted octanol–water partition coefficient (Wildman–Crippen LogP) is 4.49. The van der Waals surface area contributed by atoms with Crippen molar-refractivity contribution in [1.82, 2.24) is 10.2 Å². The van der Waals surface area contributed by atoms with Crippen LogP contribution in [0.2, 0.25) is 0 Å². The Bertz CT molecular complexity index is 969. The molecule has 3 aromatic rings. The maximum atomic E-state index is 10.7. The van der Waals surface area contributed by atoms with E-state index in [2.05, 4.69) is 15.5 Å². The molecule has 5 rings (SSSR count). The van der Waals surface area contributed by atoms with Gasteiger partial charge in [0.15, 0.2) is 11.6 Å². The molecule has 1 saturated carbocycles. The van der Waals surface area contributed by atoms with Gasteiger partial charge in [0.25, 0.3) is 0 Å². The van der Waals surface area contributed by atoms with Crippen molar-refractivity contribution >= 4 is 27.2 Å². The number of thiophene rings is 1. The highest BCUT2D eigenvalue weighted by molar-refractivity contribution is 7.17. The molecule has 1 fully saturated rings. The van der Waals surface area contributed by atoms with E-state index in [0.717, 1.165) is 40.1 Å². The van der Waals surface area contributed by atoms with Crippen molar-refractivity contribution in [1.29, 1.82) is 0 Å². The van der Waals surface area contributed by atoms with Gasteiger partial charge in [0.05, 0.1) is 6.04 Å². The molecule has 1 aromatic carbocycles. The van der Waals surface area contributed by atoms with Crippen LogP contribution in [-0.2, 0) is 0 Å². The zero-order valence-electron chi connectivity index (χ0n) is 14.0. The van der Waals surface area contributed by atoms with Crippen LogP contribution in [0.4, 0.5) is 5.82 Å². The van der Waals surface area contributed by atoms with Crippen molar-refractivity contribution in [3.8, 4) is 22.8 Å².